The molecule has 0 fully saturated rings. The molecule has 0 aromatic heterocycles. The zero-order chi connectivity index (χ0) is 19.1. The highest BCUT2D eigenvalue weighted by Gasteiger charge is 2.15. The van der Waals surface area contributed by atoms with Crippen molar-refractivity contribution < 1.29 is 14.3 Å². The van der Waals surface area contributed by atoms with Crippen LogP contribution in [-0.2, 0) is 11.2 Å². The van der Waals surface area contributed by atoms with Crippen LogP contribution in [0.1, 0.15) is 36.9 Å². The quantitative estimate of drug-likeness (QED) is 0.666. The molecule has 1 amide bonds. The van der Waals surface area contributed by atoms with E-state index >= 15 is 0 Å². The average Bonchev–Trinajstić information content (AvgIpc) is 2.64. The first-order chi connectivity index (χ1) is 12.5. The Labute approximate surface area is 164 Å². The molecular weight excluding hydrogens is 373 g/mol. The molecule has 0 heterocycles. The van der Waals surface area contributed by atoms with Crippen LogP contribution >= 0.6 is 23.2 Å². The molecule has 0 saturated heterocycles. The number of halogens is 2. The summed E-state index contributed by atoms with van der Waals surface area (Å²) in [6, 6.07) is 10.9. The van der Waals surface area contributed by atoms with Crippen LogP contribution in [0.25, 0.3) is 0 Å². The first-order valence-corrected chi connectivity index (χ1v) is 9.19. The molecule has 2 rings (SSSR count). The number of hydrogen-bond acceptors (Lipinski definition) is 3. The number of methoxy groups -OCH3 is 2. The fourth-order valence-corrected chi connectivity index (χ4v) is 3.23. The largest absolute Gasteiger partial charge is 0.493 e. The van der Waals surface area contributed by atoms with E-state index in [0.717, 1.165) is 17.5 Å². The SMILES string of the molecule is CCC(NC(=O)CCc1ccc(Cl)cc1Cl)c1ccc(OC)c(OC)c1. The number of benzene rings is 2. The third-order valence-corrected chi connectivity index (χ3v) is 4.78. The summed E-state index contributed by atoms with van der Waals surface area (Å²) in [7, 11) is 3.19. The predicted octanol–water partition coefficient (Wildman–Crippen LogP) is 5.21. The van der Waals surface area contributed by atoms with Crippen molar-refractivity contribution in [2.24, 2.45) is 0 Å². The molecule has 0 bridgehead atoms. The second-order valence-electron chi connectivity index (χ2n) is 5.88. The van der Waals surface area contributed by atoms with E-state index in [0.29, 0.717) is 34.4 Å². The zero-order valence-corrected chi connectivity index (χ0v) is 16.7. The molecule has 26 heavy (non-hydrogen) atoms. The average molecular weight is 396 g/mol. The fourth-order valence-electron chi connectivity index (χ4n) is 2.73. The molecule has 1 N–H and O–H groups in total. The van der Waals surface area contributed by atoms with Crippen molar-refractivity contribution in [3.8, 4) is 11.5 Å². The molecule has 140 valence electrons. The van der Waals surface area contributed by atoms with E-state index in [9.17, 15) is 4.79 Å². The molecule has 0 aliphatic heterocycles. The molecule has 0 aliphatic carbocycles. The van der Waals surface area contributed by atoms with Crippen molar-refractivity contribution in [2.45, 2.75) is 32.2 Å². The van der Waals surface area contributed by atoms with Gasteiger partial charge in [-0.05, 0) is 48.2 Å². The first kappa shape index (κ1) is 20.4. The lowest BCUT2D eigenvalue weighted by atomic mass is 10.0. The number of carbonyl (C=O) groups is 1. The lowest BCUT2D eigenvalue weighted by Gasteiger charge is -2.19. The smallest absolute Gasteiger partial charge is 0.220 e. The van der Waals surface area contributed by atoms with E-state index in [1.54, 1.807) is 26.4 Å². The van der Waals surface area contributed by atoms with Gasteiger partial charge in [0, 0.05) is 16.5 Å². The number of hydrogen-bond donors (Lipinski definition) is 1. The molecular formula is C20H23Cl2NO3. The van der Waals surface area contributed by atoms with Gasteiger partial charge in [-0.25, -0.2) is 0 Å². The van der Waals surface area contributed by atoms with Gasteiger partial charge in [-0.3, -0.25) is 4.79 Å². The molecule has 6 heteroatoms. The predicted molar refractivity (Wildman–Crippen MR) is 106 cm³/mol. The summed E-state index contributed by atoms with van der Waals surface area (Å²) >= 11 is 12.1. The highest BCUT2D eigenvalue weighted by Crippen LogP contribution is 2.31. The molecule has 1 atom stereocenters. The Hall–Kier alpha value is -1.91. The number of carbonyl (C=O) groups excluding carboxylic acids is 1. The molecule has 1 unspecified atom stereocenters. The van der Waals surface area contributed by atoms with Crippen molar-refractivity contribution in [3.05, 3.63) is 57.6 Å². The van der Waals surface area contributed by atoms with Gasteiger partial charge in [0.25, 0.3) is 0 Å². The van der Waals surface area contributed by atoms with E-state index in [4.69, 9.17) is 32.7 Å². The standard InChI is InChI=1S/C20H23Cl2NO3/c1-4-17(14-6-9-18(25-2)19(11-14)26-3)23-20(24)10-7-13-5-8-15(21)12-16(13)22/h5-6,8-9,11-12,17H,4,7,10H2,1-3H3,(H,23,24). The van der Waals surface area contributed by atoms with Gasteiger partial charge in [0.2, 0.25) is 5.91 Å². The van der Waals surface area contributed by atoms with Crippen LogP contribution in [0.2, 0.25) is 10.0 Å². The van der Waals surface area contributed by atoms with Crippen LogP contribution < -0.4 is 14.8 Å². The van der Waals surface area contributed by atoms with Gasteiger partial charge in [-0.2, -0.15) is 0 Å². The van der Waals surface area contributed by atoms with Gasteiger partial charge >= 0.3 is 0 Å². The summed E-state index contributed by atoms with van der Waals surface area (Å²) in [4.78, 5) is 12.4. The maximum atomic E-state index is 12.4. The van der Waals surface area contributed by atoms with Crippen LogP contribution in [0.5, 0.6) is 11.5 Å². The van der Waals surface area contributed by atoms with Crippen LogP contribution in [0.15, 0.2) is 36.4 Å². The van der Waals surface area contributed by atoms with Gasteiger partial charge in [0.15, 0.2) is 11.5 Å². The van der Waals surface area contributed by atoms with Gasteiger partial charge in [-0.15, -0.1) is 0 Å². The summed E-state index contributed by atoms with van der Waals surface area (Å²) in [5.74, 6) is 1.28. The number of ether oxygens (including phenoxy) is 2. The number of rotatable bonds is 8. The van der Waals surface area contributed by atoms with E-state index in [1.165, 1.54) is 0 Å². The van der Waals surface area contributed by atoms with Crippen LogP contribution in [0, 0.1) is 0 Å². The first-order valence-electron chi connectivity index (χ1n) is 8.43. The molecule has 0 spiro atoms. The molecule has 0 saturated carbocycles. The summed E-state index contributed by atoms with van der Waals surface area (Å²) in [6.45, 7) is 2.03. The third kappa shape index (κ3) is 5.29. The van der Waals surface area contributed by atoms with Crippen molar-refractivity contribution in [1.29, 1.82) is 0 Å². The Morgan fingerprint density at radius 3 is 2.42 bits per heavy atom. The van der Waals surface area contributed by atoms with Crippen molar-refractivity contribution >= 4 is 29.1 Å². The zero-order valence-electron chi connectivity index (χ0n) is 15.1. The summed E-state index contributed by atoms with van der Waals surface area (Å²) < 4.78 is 10.6. The summed E-state index contributed by atoms with van der Waals surface area (Å²) in [6.07, 6.45) is 1.68. The Balaban J connectivity index is 2.01. The Morgan fingerprint density at radius 2 is 1.81 bits per heavy atom. The number of amides is 1. The highest BCUT2D eigenvalue weighted by molar-refractivity contribution is 6.35. The van der Waals surface area contributed by atoms with Crippen molar-refractivity contribution in [3.63, 3.8) is 0 Å². The van der Waals surface area contributed by atoms with E-state index in [1.807, 2.05) is 31.2 Å². The Bertz CT molecular complexity index is 765. The monoisotopic (exact) mass is 395 g/mol. The topological polar surface area (TPSA) is 47.6 Å². The van der Waals surface area contributed by atoms with Crippen LogP contribution in [0.3, 0.4) is 0 Å². The van der Waals surface area contributed by atoms with Crippen molar-refractivity contribution in [1.82, 2.24) is 5.32 Å². The van der Waals surface area contributed by atoms with E-state index in [-0.39, 0.29) is 11.9 Å². The minimum atomic E-state index is -0.0944. The molecule has 2 aromatic carbocycles. The summed E-state index contributed by atoms with van der Waals surface area (Å²) in [5, 5.41) is 4.24. The molecule has 0 aliphatic rings. The van der Waals surface area contributed by atoms with E-state index < -0.39 is 0 Å². The fraction of sp³-hybridized carbons (Fsp3) is 0.350. The number of nitrogens with one attached hydrogen (secondary N) is 1. The van der Waals surface area contributed by atoms with Gasteiger partial charge in [-0.1, -0.05) is 42.3 Å². The maximum Gasteiger partial charge on any atom is 0.220 e. The van der Waals surface area contributed by atoms with Crippen LogP contribution in [0.4, 0.5) is 0 Å². The van der Waals surface area contributed by atoms with E-state index in [2.05, 4.69) is 5.32 Å². The van der Waals surface area contributed by atoms with Crippen LogP contribution in [-0.4, -0.2) is 20.1 Å². The van der Waals surface area contributed by atoms with Gasteiger partial charge in [0.1, 0.15) is 0 Å². The normalized spacial score (nSPS) is 11.7. The maximum absolute atomic E-state index is 12.4. The minimum absolute atomic E-state index is 0.0300. The Morgan fingerprint density at radius 1 is 1.08 bits per heavy atom. The second-order valence-corrected chi connectivity index (χ2v) is 6.72. The molecule has 4 nitrogen and oxygen atoms in total. The second kappa shape index (κ2) is 9.70. The molecule has 0 radical (unpaired) electrons. The lowest BCUT2D eigenvalue weighted by Crippen LogP contribution is -2.28. The number of aryl methyl sites for hydroxylation is 1. The summed E-state index contributed by atoms with van der Waals surface area (Å²) in [5.41, 5.74) is 1.88. The van der Waals surface area contributed by atoms with Gasteiger partial charge in [0.05, 0.1) is 20.3 Å². The molecule has 2 aromatic rings. The highest BCUT2D eigenvalue weighted by atomic mass is 35.5. The third-order valence-electron chi connectivity index (χ3n) is 4.19. The van der Waals surface area contributed by atoms with Gasteiger partial charge < -0.3 is 14.8 Å². The minimum Gasteiger partial charge on any atom is -0.493 e. The Kier molecular flexibility index (Phi) is 7.61. The van der Waals surface area contributed by atoms with Crippen molar-refractivity contribution in [2.75, 3.05) is 14.2 Å². The lowest BCUT2D eigenvalue weighted by molar-refractivity contribution is -0.121.